The number of phenolic OH excluding ortho intramolecular Hbond substituents is 3. The third kappa shape index (κ3) is 6.33. The van der Waals surface area contributed by atoms with Crippen LogP contribution in [0.15, 0.2) is 39.5 Å². The molecule has 0 bridgehead atoms. The number of esters is 1. The van der Waals surface area contributed by atoms with E-state index in [9.17, 15) is 55.5 Å². The van der Waals surface area contributed by atoms with Crippen LogP contribution in [0.3, 0.4) is 0 Å². The van der Waals surface area contributed by atoms with Gasteiger partial charge in [-0.1, -0.05) is 0 Å². The molecule has 9 atom stereocenters. The predicted molar refractivity (Wildman–Crippen MR) is 145 cm³/mol. The molecule has 2 aliphatic heterocycles. The van der Waals surface area contributed by atoms with Gasteiger partial charge in [-0.2, -0.15) is 0 Å². The van der Waals surface area contributed by atoms with Gasteiger partial charge in [0.05, 0.1) is 6.61 Å². The molecule has 0 unspecified atom stereocenters. The van der Waals surface area contributed by atoms with Gasteiger partial charge in [-0.15, -0.1) is 0 Å². The number of benzene rings is 2. The number of aliphatic hydroxyl groups is 6. The van der Waals surface area contributed by atoms with Gasteiger partial charge in [0.2, 0.25) is 23.8 Å². The molecule has 0 spiro atoms. The molecule has 0 saturated carbocycles. The van der Waals surface area contributed by atoms with Crippen molar-refractivity contribution >= 4 is 16.9 Å². The van der Waals surface area contributed by atoms with E-state index < -0.39 is 107 Å². The third-order valence-electron chi connectivity index (χ3n) is 7.20. The van der Waals surface area contributed by atoms with Crippen molar-refractivity contribution in [2.75, 3.05) is 13.2 Å². The average molecular weight is 639 g/mol. The Morgan fingerprint density at radius 3 is 2.24 bits per heavy atom. The SMILES string of the molecule is CC(=O)OC[C@H]1O[C@H](Oc2c(-c3ccc(O)c(O)c3)oc3cc(O[C@H]4OC[C@H](O)[C@@H](O)[C@H]4O)cc(O)c3c2=O)[C@H](O)[C@H](O)[C@H]1O. The molecule has 17 heteroatoms. The summed E-state index contributed by atoms with van der Waals surface area (Å²) in [6, 6.07) is 5.39. The molecule has 45 heavy (non-hydrogen) atoms. The van der Waals surface area contributed by atoms with E-state index in [2.05, 4.69) is 0 Å². The Morgan fingerprint density at radius 2 is 1.56 bits per heavy atom. The van der Waals surface area contributed by atoms with E-state index >= 15 is 0 Å². The lowest BCUT2D eigenvalue weighted by molar-refractivity contribution is -0.278. The van der Waals surface area contributed by atoms with Crippen molar-refractivity contribution in [1.29, 1.82) is 0 Å². The van der Waals surface area contributed by atoms with Crippen LogP contribution in [-0.2, 0) is 19.0 Å². The minimum Gasteiger partial charge on any atom is -0.507 e. The molecule has 3 heterocycles. The molecule has 2 aliphatic rings. The lowest BCUT2D eigenvalue weighted by Gasteiger charge is -2.39. The monoisotopic (exact) mass is 638 g/mol. The van der Waals surface area contributed by atoms with Gasteiger partial charge in [0.1, 0.15) is 71.8 Å². The number of hydrogen-bond acceptors (Lipinski definition) is 17. The van der Waals surface area contributed by atoms with Gasteiger partial charge in [0.15, 0.2) is 17.3 Å². The summed E-state index contributed by atoms with van der Waals surface area (Å²) in [5.74, 6) is -3.95. The number of fused-ring (bicyclic) bond motifs is 1. The van der Waals surface area contributed by atoms with E-state index in [-0.39, 0.29) is 23.5 Å². The lowest BCUT2D eigenvalue weighted by Crippen LogP contribution is -2.60. The zero-order valence-electron chi connectivity index (χ0n) is 23.3. The molecule has 0 aliphatic carbocycles. The summed E-state index contributed by atoms with van der Waals surface area (Å²) in [4.78, 5) is 25.1. The molecule has 2 fully saturated rings. The molecule has 0 amide bonds. The van der Waals surface area contributed by atoms with Crippen molar-refractivity contribution in [1.82, 2.24) is 0 Å². The summed E-state index contributed by atoms with van der Waals surface area (Å²) < 4.78 is 32.6. The van der Waals surface area contributed by atoms with Crippen molar-refractivity contribution in [2.45, 2.75) is 62.2 Å². The Morgan fingerprint density at radius 1 is 0.844 bits per heavy atom. The van der Waals surface area contributed by atoms with Gasteiger partial charge >= 0.3 is 5.97 Å². The highest BCUT2D eigenvalue weighted by Crippen LogP contribution is 2.40. The first-order chi connectivity index (χ1) is 21.3. The molecule has 1 aromatic heterocycles. The summed E-state index contributed by atoms with van der Waals surface area (Å²) in [5.41, 5.74) is -1.44. The maximum atomic E-state index is 13.8. The molecule has 2 saturated heterocycles. The number of carbonyl (C=O) groups excluding carboxylic acids is 1. The van der Waals surface area contributed by atoms with Crippen molar-refractivity contribution < 1.29 is 78.9 Å². The summed E-state index contributed by atoms with van der Waals surface area (Å²) in [6.45, 7) is 0.161. The minimum atomic E-state index is -1.95. The van der Waals surface area contributed by atoms with E-state index in [4.69, 9.17) is 28.1 Å². The Kier molecular flexibility index (Phi) is 9.06. The van der Waals surface area contributed by atoms with E-state index in [1.165, 1.54) is 6.07 Å². The van der Waals surface area contributed by atoms with Gasteiger partial charge in [-0.25, -0.2) is 0 Å². The second-order valence-electron chi connectivity index (χ2n) is 10.4. The van der Waals surface area contributed by atoms with Gasteiger partial charge < -0.3 is 74.1 Å². The van der Waals surface area contributed by atoms with E-state index in [0.29, 0.717) is 0 Å². The maximum Gasteiger partial charge on any atom is 0.302 e. The van der Waals surface area contributed by atoms with Crippen LogP contribution in [0.25, 0.3) is 22.3 Å². The van der Waals surface area contributed by atoms with Crippen molar-refractivity contribution in [3.05, 3.63) is 40.6 Å². The fraction of sp³-hybridized carbons (Fsp3) is 0.429. The van der Waals surface area contributed by atoms with Crippen LogP contribution in [0.5, 0.6) is 28.7 Å². The topological polar surface area (TPSA) is 275 Å². The van der Waals surface area contributed by atoms with Gasteiger partial charge in [0.25, 0.3) is 0 Å². The summed E-state index contributed by atoms with van der Waals surface area (Å²) in [7, 11) is 0. The normalized spacial score (nSPS) is 30.2. The Balaban J connectivity index is 1.58. The molecule has 9 N–H and O–H groups in total. The summed E-state index contributed by atoms with van der Waals surface area (Å²) >= 11 is 0. The second-order valence-corrected chi connectivity index (χ2v) is 10.4. The van der Waals surface area contributed by atoms with Crippen molar-refractivity contribution in [3.63, 3.8) is 0 Å². The fourth-order valence-electron chi connectivity index (χ4n) is 4.77. The molecular formula is C28H30O17. The van der Waals surface area contributed by atoms with Crippen LogP contribution >= 0.6 is 0 Å². The van der Waals surface area contributed by atoms with Crippen LogP contribution in [0.4, 0.5) is 0 Å². The Hall–Kier alpha value is -4.20. The largest absolute Gasteiger partial charge is 0.507 e. The highest BCUT2D eigenvalue weighted by Gasteiger charge is 2.46. The van der Waals surface area contributed by atoms with E-state index in [0.717, 1.165) is 31.2 Å². The van der Waals surface area contributed by atoms with Crippen molar-refractivity contribution in [3.8, 4) is 40.1 Å². The molecule has 244 valence electrons. The zero-order chi connectivity index (χ0) is 32.7. The van der Waals surface area contributed by atoms with Gasteiger partial charge in [-0.3, -0.25) is 9.59 Å². The lowest BCUT2D eigenvalue weighted by atomic mass is 9.99. The highest BCUT2D eigenvalue weighted by atomic mass is 16.7. The second kappa shape index (κ2) is 12.7. The van der Waals surface area contributed by atoms with Crippen LogP contribution < -0.4 is 14.9 Å². The molecule has 17 nitrogen and oxygen atoms in total. The molecule has 2 aromatic carbocycles. The smallest absolute Gasteiger partial charge is 0.302 e. The number of phenols is 3. The zero-order valence-corrected chi connectivity index (χ0v) is 23.3. The standard InChI is InChI=1S/C28H30O17/c1-9(29)40-8-17-20(35)22(37)24(39)28(44-17)45-26-21(36)18-14(32)5-11(42-27-23(38)19(34)15(33)7-41-27)6-16(18)43-25(26)10-2-3-12(30)13(31)4-10/h2-6,15,17,19-20,22-24,27-28,30-35,37-39H,7-8H2,1H3/t15-,17+,19+,20-,22+,23+,24+,27+,28+/m0/s1. The Labute approximate surface area is 252 Å². The first kappa shape index (κ1) is 32.2. The molecule has 5 rings (SSSR count). The van der Waals surface area contributed by atoms with Crippen LogP contribution in [0.1, 0.15) is 6.92 Å². The predicted octanol–water partition coefficient (Wildman–Crippen LogP) is -1.86. The van der Waals surface area contributed by atoms with E-state index in [1.807, 2.05) is 0 Å². The molecular weight excluding hydrogens is 608 g/mol. The number of carbonyl (C=O) groups is 1. The van der Waals surface area contributed by atoms with Crippen molar-refractivity contribution in [2.24, 2.45) is 0 Å². The average Bonchev–Trinajstić information content (AvgIpc) is 2.99. The first-order valence-electron chi connectivity index (χ1n) is 13.4. The number of ether oxygens (including phenoxy) is 5. The quantitative estimate of drug-likeness (QED) is 0.101. The third-order valence-corrected chi connectivity index (χ3v) is 7.20. The highest BCUT2D eigenvalue weighted by molar-refractivity contribution is 5.88. The minimum absolute atomic E-state index is 0.0596. The van der Waals surface area contributed by atoms with Crippen LogP contribution in [0.2, 0.25) is 0 Å². The van der Waals surface area contributed by atoms with Crippen LogP contribution in [-0.4, -0.2) is 120 Å². The molecule has 0 radical (unpaired) electrons. The fourth-order valence-corrected chi connectivity index (χ4v) is 4.77. The Bertz CT molecular complexity index is 1620. The van der Waals surface area contributed by atoms with E-state index in [1.54, 1.807) is 0 Å². The summed E-state index contributed by atoms with van der Waals surface area (Å²) in [6.07, 6.45) is -15.0. The molecule has 3 aromatic rings. The van der Waals surface area contributed by atoms with Gasteiger partial charge in [0, 0.05) is 24.6 Å². The maximum absolute atomic E-state index is 13.8. The number of rotatable bonds is 7. The van der Waals surface area contributed by atoms with Crippen LogP contribution in [0, 0.1) is 0 Å². The first-order valence-corrected chi connectivity index (χ1v) is 13.4. The number of hydrogen-bond donors (Lipinski definition) is 9. The summed E-state index contributed by atoms with van der Waals surface area (Å²) in [5, 5.41) is 91.4. The van der Waals surface area contributed by atoms with Gasteiger partial charge in [-0.05, 0) is 18.2 Å². The number of aliphatic hydroxyl groups excluding tert-OH is 6. The number of aromatic hydroxyl groups is 3.